The first kappa shape index (κ1) is 11.9. The quantitative estimate of drug-likeness (QED) is 0.603. The van der Waals surface area contributed by atoms with Crippen molar-refractivity contribution >= 4 is 11.9 Å². The van der Waals surface area contributed by atoms with E-state index in [1.54, 1.807) is 0 Å². The molecule has 0 spiro atoms. The average molecular weight is 190 g/mol. The predicted molar refractivity (Wildman–Crippen MR) is 44.1 cm³/mol. The number of ether oxygens (including phenoxy) is 1. The van der Waals surface area contributed by atoms with Gasteiger partial charge in [-0.05, 0) is 13.8 Å². The fraction of sp³-hybridized carbons (Fsp3) is 0.750. The second-order valence-corrected chi connectivity index (χ2v) is 2.95. The minimum atomic E-state index is -1.02. The lowest BCUT2D eigenvalue weighted by Gasteiger charge is -2.11. The summed E-state index contributed by atoms with van der Waals surface area (Å²) in [6, 6.07) is 0. The minimum Gasteiger partial charge on any atom is -0.481 e. The van der Waals surface area contributed by atoms with Crippen molar-refractivity contribution in [2.24, 2.45) is 0 Å². The molecule has 0 rings (SSSR count). The number of esters is 1. The van der Waals surface area contributed by atoms with E-state index in [-0.39, 0.29) is 12.8 Å². The highest BCUT2D eigenvalue weighted by molar-refractivity contribution is 5.71. The Hall–Kier alpha value is -1.10. The Labute approximate surface area is 76.3 Å². The van der Waals surface area contributed by atoms with Gasteiger partial charge in [-0.3, -0.25) is 9.59 Å². The number of carbonyl (C=O) groups is 2. The second-order valence-electron chi connectivity index (χ2n) is 2.95. The number of carbonyl (C=O) groups excluding carboxylic acids is 1. The van der Waals surface area contributed by atoms with Gasteiger partial charge in [0, 0.05) is 0 Å². The molecule has 0 bridgehead atoms. The SMILES string of the molecule is C[C@H](CC(=O)O)OC(=O)C[C@@H](C)O. The fourth-order valence-corrected chi connectivity index (χ4v) is 0.801. The van der Waals surface area contributed by atoms with Crippen molar-refractivity contribution < 1.29 is 24.5 Å². The maximum Gasteiger partial charge on any atom is 0.308 e. The molecule has 0 amide bonds. The molecule has 0 aliphatic carbocycles. The maximum absolute atomic E-state index is 10.9. The molecule has 0 saturated heterocycles. The summed E-state index contributed by atoms with van der Waals surface area (Å²) >= 11 is 0. The van der Waals surface area contributed by atoms with Crippen molar-refractivity contribution in [3.8, 4) is 0 Å². The van der Waals surface area contributed by atoms with Crippen LogP contribution in [0.5, 0.6) is 0 Å². The number of hydrogen-bond acceptors (Lipinski definition) is 4. The molecule has 13 heavy (non-hydrogen) atoms. The van der Waals surface area contributed by atoms with Crippen LogP contribution in [-0.2, 0) is 14.3 Å². The van der Waals surface area contributed by atoms with Crippen LogP contribution in [0.2, 0.25) is 0 Å². The average Bonchev–Trinajstić information content (AvgIpc) is 1.80. The third-order valence-electron chi connectivity index (χ3n) is 1.26. The molecule has 0 aliphatic heterocycles. The van der Waals surface area contributed by atoms with Gasteiger partial charge in [0.05, 0.1) is 18.9 Å². The molecule has 76 valence electrons. The molecule has 0 aromatic rings. The van der Waals surface area contributed by atoms with Gasteiger partial charge in [-0.1, -0.05) is 0 Å². The van der Waals surface area contributed by atoms with Crippen LogP contribution in [-0.4, -0.2) is 34.4 Å². The van der Waals surface area contributed by atoms with Crippen LogP contribution >= 0.6 is 0 Å². The number of hydrogen-bond donors (Lipinski definition) is 2. The Balaban J connectivity index is 3.71. The van der Waals surface area contributed by atoms with Crippen molar-refractivity contribution in [3.63, 3.8) is 0 Å². The second kappa shape index (κ2) is 5.53. The molecule has 2 atom stereocenters. The Morgan fingerprint density at radius 3 is 2.23 bits per heavy atom. The van der Waals surface area contributed by atoms with E-state index < -0.39 is 24.1 Å². The van der Waals surface area contributed by atoms with Crippen molar-refractivity contribution in [2.45, 2.75) is 38.9 Å². The minimum absolute atomic E-state index is 0.107. The molecule has 0 saturated carbocycles. The summed E-state index contributed by atoms with van der Waals surface area (Å²) in [5.41, 5.74) is 0. The number of carboxylic acid groups (broad SMARTS) is 1. The van der Waals surface area contributed by atoms with Crippen molar-refractivity contribution in [3.05, 3.63) is 0 Å². The fourth-order valence-electron chi connectivity index (χ4n) is 0.801. The number of carboxylic acids is 1. The standard InChI is InChI=1S/C8H14O5/c1-5(9)3-8(12)13-6(2)4-7(10)11/h5-6,9H,3-4H2,1-2H3,(H,10,11)/t5-,6-/m1/s1. The van der Waals surface area contributed by atoms with Crippen LogP contribution in [0.4, 0.5) is 0 Å². The van der Waals surface area contributed by atoms with E-state index in [2.05, 4.69) is 0 Å². The zero-order chi connectivity index (χ0) is 10.4. The van der Waals surface area contributed by atoms with E-state index in [1.807, 2.05) is 0 Å². The van der Waals surface area contributed by atoms with Crippen molar-refractivity contribution in [2.75, 3.05) is 0 Å². The molecule has 0 aromatic carbocycles. The summed E-state index contributed by atoms with van der Waals surface area (Å²) in [7, 11) is 0. The van der Waals surface area contributed by atoms with Crippen LogP contribution < -0.4 is 0 Å². The molecule has 5 nitrogen and oxygen atoms in total. The van der Waals surface area contributed by atoms with Gasteiger partial charge < -0.3 is 14.9 Å². The molecule has 0 fully saturated rings. The van der Waals surface area contributed by atoms with Crippen LogP contribution in [0, 0.1) is 0 Å². The molecule has 0 heterocycles. The number of aliphatic carboxylic acids is 1. The van der Waals surface area contributed by atoms with Crippen LogP contribution in [0.3, 0.4) is 0 Å². The van der Waals surface area contributed by atoms with Gasteiger partial charge in [0.2, 0.25) is 0 Å². The third-order valence-corrected chi connectivity index (χ3v) is 1.26. The van der Waals surface area contributed by atoms with E-state index in [0.29, 0.717) is 0 Å². The summed E-state index contributed by atoms with van der Waals surface area (Å²) in [4.78, 5) is 21.0. The summed E-state index contributed by atoms with van der Waals surface area (Å²) < 4.78 is 4.69. The highest BCUT2D eigenvalue weighted by Gasteiger charge is 2.14. The van der Waals surface area contributed by atoms with E-state index in [4.69, 9.17) is 14.9 Å². The molecule has 5 heteroatoms. The molecule has 0 aliphatic rings. The Kier molecular flexibility index (Phi) is 5.06. The Morgan fingerprint density at radius 2 is 1.85 bits per heavy atom. The number of aliphatic hydroxyl groups is 1. The summed E-state index contributed by atoms with van der Waals surface area (Å²) in [6.07, 6.45) is -1.73. The Morgan fingerprint density at radius 1 is 1.31 bits per heavy atom. The molecule has 0 radical (unpaired) electrons. The molecular formula is C8H14O5. The lowest BCUT2D eigenvalue weighted by molar-refractivity contribution is -0.153. The van der Waals surface area contributed by atoms with Gasteiger partial charge in [-0.15, -0.1) is 0 Å². The van der Waals surface area contributed by atoms with Crippen LogP contribution in [0.25, 0.3) is 0 Å². The number of rotatable bonds is 5. The first-order chi connectivity index (χ1) is 5.91. The zero-order valence-corrected chi connectivity index (χ0v) is 7.69. The van der Waals surface area contributed by atoms with Crippen LogP contribution in [0.15, 0.2) is 0 Å². The molecule has 0 aromatic heterocycles. The van der Waals surface area contributed by atoms with Crippen LogP contribution in [0.1, 0.15) is 26.7 Å². The van der Waals surface area contributed by atoms with Gasteiger partial charge in [0.1, 0.15) is 6.10 Å². The van der Waals surface area contributed by atoms with Crippen molar-refractivity contribution in [1.82, 2.24) is 0 Å². The first-order valence-corrected chi connectivity index (χ1v) is 4.01. The molecule has 2 N–H and O–H groups in total. The lowest BCUT2D eigenvalue weighted by Crippen LogP contribution is -2.20. The van der Waals surface area contributed by atoms with E-state index >= 15 is 0 Å². The lowest BCUT2D eigenvalue weighted by atomic mass is 10.2. The summed E-state index contributed by atoms with van der Waals surface area (Å²) in [6.45, 7) is 2.96. The largest absolute Gasteiger partial charge is 0.481 e. The van der Waals surface area contributed by atoms with E-state index in [1.165, 1.54) is 13.8 Å². The topological polar surface area (TPSA) is 83.8 Å². The highest BCUT2D eigenvalue weighted by Crippen LogP contribution is 2.01. The van der Waals surface area contributed by atoms with E-state index in [0.717, 1.165) is 0 Å². The summed E-state index contributed by atoms with van der Waals surface area (Å²) in [5, 5.41) is 17.1. The van der Waals surface area contributed by atoms with Gasteiger partial charge in [0.25, 0.3) is 0 Å². The van der Waals surface area contributed by atoms with Gasteiger partial charge >= 0.3 is 11.9 Å². The van der Waals surface area contributed by atoms with Gasteiger partial charge in [0.15, 0.2) is 0 Å². The molecule has 0 unspecified atom stereocenters. The third kappa shape index (κ3) is 7.27. The summed E-state index contributed by atoms with van der Waals surface area (Å²) in [5.74, 6) is -1.60. The molecular weight excluding hydrogens is 176 g/mol. The zero-order valence-electron chi connectivity index (χ0n) is 7.69. The van der Waals surface area contributed by atoms with E-state index in [9.17, 15) is 9.59 Å². The monoisotopic (exact) mass is 190 g/mol. The number of aliphatic hydroxyl groups excluding tert-OH is 1. The van der Waals surface area contributed by atoms with Gasteiger partial charge in [-0.25, -0.2) is 0 Å². The first-order valence-electron chi connectivity index (χ1n) is 4.01. The highest BCUT2D eigenvalue weighted by atomic mass is 16.5. The maximum atomic E-state index is 10.9. The smallest absolute Gasteiger partial charge is 0.308 e. The van der Waals surface area contributed by atoms with Gasteiger partial charge in [-0.2, -0.15) is 0 Å². The predicted octanol–water partition coefficient (Wildman–Crippen LogP) is 0.164. The van der Waals surface area contributed by atoms with Crippen molar-refractivity contribution in [1.29, 1.82) is 0 Å². The Bertz CT molecular complexity index is 187. The normalized spacial score (nSPS) is 14.7.